The van der Waals surface area contributed by atoms with Gasteiger partial charge in [0.25, 0.3) is 5.91 Å². The number of nitrogens with one attached hydrogen (secondary N) is 1. The van der Waals surface area contributed by atoms with Gasteiger partial charge < -0.3 is 24.3 Å². The van der Waals surface area contributed by atoms with Gasteiger partial charge in [-0.15, -0.1) is 0 Å². The quantitative estimate of drug-likeness (QED) is 0.228. The predicted molar refractivity (Wildman–Crippen MR) is 154 cm³/mol. The lowest BCUT2D eigenvalue weighted by atomic mass is 10.1. The Hall–Kier alpha value is -4.85. The van der Waals surface area contributed by atoms with Crippen molar-refractivity contribution in [3.63, 3.8) is 0 Å². The second-order valence-corrected chi connectivity index (χ2v) is 8.10. The van der Waals surface area contributed by atoms with Crippen molar-refractivity contribution in [3.05, 3.63) is 84.7 Å². The van der Waals surface area contributed by atoms with Gasteiger partial charge >= 0.3 is 0 Å². The summed E-state index contributed by atoms with van der Waals surface area (Å²) in [7, 11) is 3.18. The third-order valence-electron chi connectivity index (χ3n) is 5.80. The maximum Gasteiger partial charge on any atom is 0.261 e. The van der Waals surface area contributed by atoms with Crippen molar-refractivity contribution in [1.29, 1.82) is 0 Å². The lowest BCUT2D eigenvalue weighted by molar-refractivity contribution is 0.102. The first-order valence-electron chi connectivity index (χ1n) is 12.7. The Morgan fingerprint density at radius 2 is 1.56 bits per heavy atom. The van der Waals surface area contributed by atoms with Gasteiger partial charge in [-0.2, -0.15) is 0 Å². The molecule has 200 valence electrons. The molecule has 8 nitrogen and oxygen atoms in total. The minimum atomic E-state index is -0.285. The van der Waals surface area contributed by atoms with E-state index in [1.165, 1.54) is 0 Å². The van der Waals surface area contributed by atoms with Gasteiger partial charge in [0.05, 0.1) is 26.3 Å². The molecule has 2 heterocycles. The number of hydrogen-bond donors (Lipinski definition) is 1. The van der Waals surface area contributed by atoms with Gasteiger partial charge in [0.2, 0.25) is 5.88 Å². The van der Waals surface area contributed by atoms with Crippen LogP contribution in [-0.2, 0) is 0 Å². The lowest BCUT2D eigenvalue weighted by Crippen LogP contribution is -2.14. The molecule has 0 atom stereocenters. The number of nitrogens with zero attached hydrogens (tertiary/aromatic N) is 2. The summed E-state index contributed by atoms with van der Waals surface area (Å²) in [6, 6.07) is 20.3. The first kappa shape index (κ1) is 27.2. The van der Waals surface area contributed by atoms with Crippen molar-refractivity contribution >= 4 is 33.3 Å². The smallest absolute Gasteiger partial charge is 0.261 e. The van der Waals surface area contributed by atoms with Crippen LogP contribution in [0.5, 0.6) is 28.9 Å². The highest BCUT2D eigenvalue weighted by molar-refractivity contribution is 6.06. The van der Waals surface area contributed by atoms with Gasteiger partial charge in [0.15, 0.2) is 11.5 Å². The number of methoxy groups -OCH3 is 2. The van der Waals surface area contributed by atoms with Gasteiger partial charge in [0, 0.05) is 29.5 Å². The molecule has 0 unspecified atom stereocenters. The maximum atomic E-state index is 12.8. The third-order valence-corrected chi connectivity index (χ3v) is 5.80. The van der Waals surface area contributed by atoms with Crippen LogP contribution in [0.3, 0.4) is 0 Å². The molecule has 5 aromatic rings. The number of carbonyl (C=O) groups is 1. The molecule has 39 heavy (non-hydrogen) atoms. The van der Waals surface area contributed by atoms with Crippen LogP contribution in [0, 0.1) is 0 Å². The molecule has 0 spiro atoms. The number of rotatable bonds is 8. The highest BCUT2D eigenvalue weighted by Crippen LogP contribution is 2.37. The Bertz CT molecular complexity index is 1600. The molecule has 0 aliphatic rings. The van der Waals surface area contributed by atoms with Gasteiger partial charge in [-0.25, -0.2) is 4.98 Å². The van der Waals surface area contributed by atoms with Crippen molar-refractivity contribution < 1.29 is 23.7 Å². The molecule has 0 radical (unpaired) electrons. The van der Waals surface area contributed by atoms with E-state index in [-0.39, 0.29) is 5.91 Å². The maximum absolute atomic E-state index is 12.8. The number of aromatic nitrogens is 2. The van der Waals surface area contributed by atoms with E-state index in [9.17, 15) is 4.79 Å². The molecule has 0 saturated carbocycles. The standard InChI is InChI=1S/C29H25N3O5.C2H6/c1-4-36-29-22(6-5-12-31-29)28(33)32-20-9-7-19-15-21(10-8-18(19)14-20)37-25-11-13-30-24-17-27(35-3)26(34-2)16-23(24)25;1-2/h5-17H,4H2,1-3H3,(H,32,33);1-2H3. The van der Waals surface area contributed by atoms with Crippen LogP contribution < -0.4 is 24.3 Å². The zero-order valence-corrected chi connectivity index (χ0v) is 22.6. The monoisotopic (exact) mass is 525 g/mol. The largest absolute Gasteiger partial charge is 0.493 e. The molecule has 2 aromatic heterocycles. The number of hydrogen-bond acceptors (Lipinski definition) is 7. The van der Waals surface area contributed by atoms with E-state index in [1.807, 2.05) is 75.4 Å². The molecular weight excluding hydrogens is 494 g/mol. The van der Waals surface area contributed by atoms with E-state index in [0.717, 1.165) is 21.7 Å². The lowest BCUT2D eigenvalue weighted by Gasteiger charge is -2.13. The molecule has 1 amide bonds. The zero-order valence-electron chi connectivity index (χ0n) is 22.6. The third kappa shape index (κ3) is 6.01. The summed E-state index contributed by atoms with van der Waals surface area (Å²) in [4.78, 5) is 21.4. The van der Waals surface area contributed by atoms with Gasteiger partial charge in [-0.1, -0.05) is 26.0 Å². The number of anilines is 1. The summed E-state index contributed by atoms with van der Waals surface area (Å²) in [6.45, 7) is 6.28. The van der Waals surface area contributed by atoms with Crippen molar-refractivity contribution in [2.75, 3.05) is 26.1 Å². The number of pyridine rings is 2. The second-order valence-electron chi connectivity index (χ2n) is 8.10. The van der Waals surface area contributed by atoms with Crippen LogP contribution in [0.1, 0.15) is 31.1 Å². The Morgan fingerprint density at radius 1 is 0.821 bits per heavy atom. The van der Waals surface area contributed by atoms with Crippen molar-refractivity contribution in [2.24, 2.45) is 0 Å². The molecule has 1 N–H and O–H groups in total. The van der Waals surface area contributed by atoms with Gasteiger partial charge in [-0.05, 0) is 66.2 Å². The van der Waals surface area contributed by atoms with Crippen LogP contribution in [0.15, 0.2) is 79.1 Å². The van der Waals surface area contributed by atoms with Crippen molar-refractivity contribution in [3.8, 4) is 28.9 Å². The summed E-state index contributed by atoms with van der Waals surface area (Å²) in [6.07, 6.45) is 3.29. The summed E-state index contributed by atoms with van der Waals surface area (Å²) in [5.74, 6) is 2.54. The Balaban J connectivity index is 0.00000172. The van der Waals surface area contributed by atoms with Crippen LogP contribution in [0.4, 0.5) is 5.69 Å². The molecule has 0 fully saturated rings. The average Bonchev–Trinajstić information content (AvgIpc) is 2.98. The number of amides is 1. The van der Waals surface area contributed by atoms with Crippen LogP contribution in [0.2, 0.25) is 0 Å². The SMILES string of the molecule is CC.CCOc1ncccc1C(=O)Nc1ccc2cc(Oc3ccnc4cc(OC)c(OC)cc34)ccc2c1. The first-order chi connectivity index (χ1) is 19.1. The van der Waals surface area contributed by atoms with E-state index in [2.05, 4.69) is 15.3 Å². The topological polar surface area (TPSA) is 91.8 Å². The van der Waals surface area contributed by atoms with E-state index in [4.69, 9.17) is 18.9 Å². The Kier molecular flexibility index (Phi) is 8.78. The molecular formula is C31H31N3O5. The normalized spacial score (nSPS) is 10.4. The predicted octanol–water partition coefficient (Wildman–Crippen LogP) is 7.27. The highest BCUT2D eigenvalue weighted by Gasteiger charge is 2.14. The van der Waals surface area contributed by atoms with Crippen molar-refractivity contribution in [2.45, 2.75) is 20.8 Å². The molecule has 0 aliphatic heterocycles. The second kappa shape index (κ2) is 12.6. The Morgan fingerprint density at radius 3 is 2.33 bits per heavy atom. The number of benzene rings is 3. The van der Waals surface area contributed by atoms with Crippen LogP contribution >= 0.6 is 0 Å². The molecule has 3 aromatic carbocycles. The van der Waals surface area contributed by atoms with Crippen LogP contribution in [-0.4, -0.2) is 36.7 Å². The molecule has 0 bridgehead atoms. The summed E-state index contributed by atoms with van der Waals surface area (Å²) in [5, 5.41) is 5.64. The van der Waals surface area contributed by atoms with E-state index >= 15 is 0 Å². The minimum absolute atomic E-state index is 0.285. The fourth-order valence-electron chi connectivity index (χ4n) is 4.04. The van der Waals surface area contributed by atoms with Gasteiger partial charge in [-0.3, -0.25) is 9.78 Å². The Labute approximate surface area is 227 Å². The van der Waals surface area contributed by atoms with E-state index in [1.54, 1.807) is 38.7 Å². The first-order valence-corrected chi connectivity index (χ1v) is 12.7. The van der Waals surface area contributed by atoms with Crippen molar-refractivity contribution in [1.82, 2.24) is 9.97 Å². The number of carbonyl (C=O) groups excluding carboxylic acids is 1. The average molecular weight is 526 g/mol. The van der Waals surface area contributed by atoms with Gasteiger partial charge in [0.1, 0.15) is 17.1 Å². The molecule has 0 aliphatic carbocycles. The van der Waals surface area contributed by atoms with E-state index in [0.29, 0.717) is 46.7 Å². The summed E-state index contributed by atoms with van der Waals surface area (Å²) < 4.78 is 22.5. The fourth-order valence-corrected chi connectivity index (χ4v) is 4.04. The molecule has 5 rings (SSSR count). The summed E-state index contributed by atoms with van der Waals surface area (Å²) in [5.41, 5.74) is 1.78. The highest BCUT2D eigenvalue weighted by atomic mass is 16.5. The summed E-state index contributed by atoms with van der Waals surface area (Å²) >= 11 is 0. The molecule has 0 saturated heterocycles. The fraction of sp³-hybridized carbons (Fsp3) is 0.194. The number of fused-ring (bicyclic) bond motifs is 2. The van der Waals surface area contributed by atoms with Crippen LogP contribution in [0.25, 0.3) is 21.7 Å². The molecule has 8 heteroatoms. The minimum Gasteiger partial charge on any atom is -0.493 e. The zero-order chi connectivity index (χ0) is 27.8. The number of ether oxygens (including phenoxy) is 4. The van der Waals surface area contributed by atoms with E-state index < -0.39 is 0 Å².